The average Bonchev–Trinajstić information content (AvgIpc) is 3.30. The highest BCUT2D eigenvalue weighted by Gasteiger charge is 2.36. The average molecular weight is 428 g/mol. The Bertz CT molecular complexity index is 955. The lowest BCUT2D eigenvalue weighted by molar-refractivity contribution is -0.130. The van der Waals surface area contributed by atoms with E-state index in [9.17, 15) is 4.79 Å². The number of carbonyl (C=O) groups excluding carboxylic acids is 1. The Morgan fingerprint density at radius 1 is 1.26 bits per heavy atom. The van der Waals surface area contributed by atoms with Crippen LogP contribution >= 0.6 is 15.9 Å². The fourth-order valence-corrected chi connectivity index (χ4v) is 3.51. The van der Waals surface area contributed by atoms with Crippen LogP contribution in [0.2, 0.25) is 0 Å². The number of methoxy groups -OCH3 is 1. The number of nitrogens with zero attached hydrogens (tertiary/aromatic N) is 3. The number of benzene rings is 2. The minimum absolute atomic E-state index is 0.0891. The van der Waals surface area contributed by atoms with Crippen LogP contribution in [-0.2, 0) is 11.3 Å². The number of rotatable bonds is 5. The molecular weight excluding hydrogens is 410 g/mol. The van der Waals surface area contributed by atoms with Crippen molar-refractivity contribution in [3.8, 4) is 17.1 Å². The third-order valence-corrected chi connectivity index (χ3v) is 5.17. The zero-order valence-electron chi connectivity index (χ0n) is 14.8. The Kier molecular flexibility index (Phi) is 4.94. The molecule has 1 unspecified atom stereocenters. The van der Waals surface area contributed by atoms with Crippen molar-refractivity contribution in [1.29, 1.82) is 0 Å². The molecule has 1 aromatic heterocycles. The van der Waals surface area contributed by atoms with Gasteiger partial charge in [-0.2, -0.15) is 4.98 Å². The highest BCUT2D eigenvalue weighted by atomic mass is 79.9. The lowest BCUT2D eigenvalue weighted by Gasteiger charge is -2.22. The van der Waals surface area contributed by atoms with Crippen molar-refractivity contribution >= 4 is 21.8 Å². The lowest BCUT2D eigenvalue weighted by Crippen LogP contribution is -2.27. The first kappa shape index (κ1) is 17.7. The van der Waals surface area contributed by atoms with Crippen molar-refractivity contribution in [1.82, 2.24) is 15.0 Å². The molecule has 1 aliphatic heterocycles. The third-order valence-electron chi connectivity index (χ3n) is 4.64. The van der Waals surface area contributed by atoms with Gasteiger partial charge in [-0.05, 0) is 48.4 Å². The second-order valence-electron chi connectivity index (χ2n) is 6.39. The number of aromatic nitrogens is 2. The fraction of sp³-hybridized carbons (Fsp3) is 0.250. The van der Waals surface area contributed by atoms with Gasteiger partial charge in [-0.3, -0.25) is 4.79 Å². The predicted molar refractivity (Wildman–Crippen MR) is 103 cm³/mol. The molecule has 4 rings (SSSR count). The molecule has 0 aliphatic carbocycles. The number of hydrogen-bond donors (Lipinski definition) is 0. The molecule has 0 radical (unpaired) electrons. The summed E-state index contributed by atoms with van der Waals surface area (Å²) in [5, 5.41) is 4.10. The van der Waals surface area contributed by atoms with E-state index in [-0.39, 0.29) is 11.9 Å². The van der Waals surface area contributed by atoms with Gasteiger partial charge in [0, 0.05) is 23.0 Å². The van der Waals surface area contributed by atoms with Crippen LogP contribution in [0.1, 0.15) is 30.3 Å². The van der Waals surface area contributed by atoms with Crippen LogP contribution in [0.4, 0.5) is 0 Å². The first-order valence-corrected chi connectivity index (χ1v) is 9.45. The number of ether oxygens (including phenoxy) is 1. The van der Waals surface area contributed by atoms with E-state index in [1.807, 2.05) is 48.5 Å². The summed E-state index contributed by atoms with van der Waals surface area (Å²) in [6.07, 6.45) is 1.15. The molecule has 0 saturated carbocycles. The minimum atomic E-state index is -0.208. The van der Waals surface area contributed by atoms with E-state index in [0.717, 1.165) is 21.3 Å². The normalized spacial score (nSPS) is 16.7. The molecule has 2 aromatic carbocycles. The van der Waals surface area contributed by atoms with Crippen LogP contribution in [0.5, 0.6) is 5.75 Å². The van der Waals surface area contributed by atoms with Crippen molar-refractivity contribution < 1.29 is 14.1 Å². The molecule has 0 N–H and O–H groups in total. The second-order valence-corrected chi connectivity index (χ2v) is 7.31. The summed E-state index contributed by atoms with van der Waals surface area (Å²) in [6, 6.07) is 15.2. The molecule has 27 heavy (non-hydrogen) atoms. The Balaban J connectivity index is 1.57. The van der Waals surface area contributed by atoms with Crippen molar-refractivity contribution in [2.45, 2.75) is 25.4 Å². The summed E-state index contributed by atoms with van der Waals surface area (Å²) in [7, 11) is 1.63. The summed E-state index contributed by atoms with van der Waals surface area (Å²) in [4.78, 5) is 18.8. The monoisotopic (exact) mass is 427 g/mol. The van der Waals surface area contributed by atoms with Gasteiger partial charge in [0.1, 0.15) is 11.8 Å². The Morgan fingerprint density at radius 2 is 2.07 bits per heavy atom. The van der Waals surface area contributed by atoms with Crippen molar-refractivity contribution in [3.05, 3.63) is 64.5 Å². The van der Waals surface area contributed by atoms with Crippen LogP contribution in [0.25, 0.3) is 11.4 Å². The van der Waals surface area contributed by atoms with Gasteiger partial charge in [0.2, 0.25) is 17.6 Å². The topological polar surface area (TPSA) is 68.5 Å². The van der Waals surface area contributed by atoms with Gasteiger partial charge in [-0.1, -0.05) is 33.2 Å². The summed E-state index contributed by atoms with van der Waals surface area (Å²) >= 11 is 3.42. The van der Waals surface area contributed by atoms with E-state index >= 15 is 0 Å². The molecule has 7 heteroatoms. The maximum atomic E-state index is 12.4. The summed E-state index contributed by atoms with van der Waals surface area (Å²) in [5.41, 5.74) is 1.87. The highest BCUT2D eigenvalue weighted by Crippen LogP contribution is 2.34. The Labute approximate surface area is 165 Å². The number of likely N-dealkylation sites (tertiary alicyclic amines) is 1. The van der Waals surface area contributed by atoms with E-state index in [1.165, 1.54) is 0 Å². The smallest absolute Gasteiger partial charge is 0.249 e. The number of hydrogen-bond acceptors (Lipinski definition) is 5. The Hall–Kier alpha value is -2.67. The summed E-state index contributed by atoms with van der Waals surface area (Å²) < 4.78 is 11.8. The number of amides is 1. The summed E-state index contributed by atoms with van der Waals surface area (Å²) in [6.45, 7) is 0.483. The molecule has 138 valence electrons. The summed E-state index contributed by atoms with van der Waals surface area (Å²) in [5.74, 6) is 1.86. The van der Waals surface area contributed by atoms with Crippen molar-refractivity contribution in [2.75, 3.05) is 7.11 Å². The van der Waals surface area contributed by atoms with E-state index < -0.39 is 0 Å². The quantitative estimate of drug-likeness (QED) is 0.604. The van der Waals surface area contributed by atoms with Crippen LogP contribution in [0.3, 0.4) is 0 Å². The van der Waals surface area contributed by atoms with E-state index in [1.54, 1.807) is 12.0 Å². The molecule has 1 amide bonds. The van der Waals surface area contributed by atoms with Gasteiger partial charge in [-0.15, -0.1) is 0 Å². The Morgan fingerprint density at radius 3 is 2.85 bits per heavy atom. The highest BCUT2D eigenvalue weighted by molar-refractivity contribution is 9.10. The molecule has 1 atom stereocenters. The molecule has 3 aromatic rings. The third kappa shape index (κ3) is 3.73. The van der Waals surface area contributed by atoms with Crippen LogP contribution in [0.15, 0.2) is 57.5 Å². The van der Waals surface area contributed by atoms with E-state index in [0.29, 0.717) is 31.1 Å². The van der Waals surface area contributed by atoms with E-state index in [2.05, 4.69) is 26.1 Å². The number of halogens is 1. The first-order valence-electron chi connectivity index (χ1n) is 8.66. The van der Waals surface area contributed by atoms with Crippen molar-refractivity contribution in [2.24, 2.45) is 0 Å². The fourth-order valence-electron chi connectivity index (χ4n) is 3.24. The van der Waals surface area contributed by atoms with Gasteiger partial charge >= 0.3 is 0 Å². The van der Waals surface area contributed by atoms with Gasteiger partial charge in [0.15, 0.2) is 0 Å². The first-order chi connectivity index (χ1) is 13.1. The van der Waals surface area contributed by atoms with Gasteiger partial charge in [0.25, 0.3) is 0 Å². The zero-order valence-corrected chi connectivity index (χ0v) is 16.3. The van der Waals surface area contributed by atoms with E-state index in [4.69, 9.17) is 9.26 Å². The van der Waals surface area contributed by atoms with Crippen molar-refractivity contribution in [3.63, 3.8) is 0 Å². The standard InChI is InChI=1S/C20H18BrN3O3/c1-26-16-4-2-3-13(11-16)12-24-17(9-10-18(24)25)20-22-19(23-27-20)14-5-7-15(21)8-6-14/h2-8,11,17H,9-10,12H2,1H3. The van der Waals surface area contributed by atoms with Gasteiger partial charge in [-0.25, -0.2) is 0 Å². The van der Waals surface area contributed by atoms with Crippen LogP contribution in [0, 0.1) is 0 Å². The second kappa shape index (κ2) is 7.52. The van der Waals surface area contributed by atoms with Crippen LogP contribution in [-0.4, -0.2) is 28.1 Å². The molecule has 0 bridgehead atoms. The number of carbonyl (C=O) groups is 1. The predicted octanol–water partition coefficient (Wildman–Crippen LogP) is 4.37. The zero-order chi connectivity index (χ0) is 18.8. The molecule has 1 aliphatic rings. The van der Waals surface area contributed by atoms with Crippen LogP contribution < -0.4 is 4.74 Å². The minimum Gasteiger partial charge on any atom is -0.497 e. The largest absolute Gasteiger partial charge is 0.497 e. The maximum Gasteiger partial charge on any atom is 0.249 e. The maximum absolute atomic E-state index is 12.4. The molecule has 6 nitrogen and oxygen atoms in total. The molecule has 2 heterocycles. The molecule has 0 spiro atoms. The molecule has 1 fully saturated rings. The van der Waals surface area contributed by atoms with Gasteiger partial charge in [0.05, 0.1) is 7.11 Å². The lowest BCUT2D eigenvalue weighted by atomic mass is 10.1. The SMILES string of the molecule is COc1cccc(CN2C(=O)CCC2c2nc(-c3ccc(Br)cc3)no2)c1. The van der Waals surface area contributed by atoms with Gasteiger partial charge < -0.3 is 14.2 Å². The molecule has 1 saturated heterocycles. The molecular formula is C20H18BrN3O3.